The number of aromatic nitrogens is 1. The molecule has 1 aromatic carbocycles. The Morgan fingerprint density at radius 2 is 2.29 bits per heavy atom. The highest BCUT2D eigenvalue weighted by Crippen LogP contribution is 2.21. The van der Waals surface area contributed by atoms with E-state index < -0.39 is 0 Å². The monoisotopic (exact) mass is 193 g/mol. The molecule has 0 bridgehead atoms. The number of para-hydroxylation sites is 1. The second-order valence-corrected chi connectivity index (χ2v) is 3.11. The normalized spacial score (nSPS) is 11.0. The molecule has 0 aliphatic heterocycles. The van der Waals surface area contributed by atoms with Gasteiger partial charge in [0.25, 0.3) is 0 Å². The van der Waals surface area contributed by atoms with Crippen molar-refractivity contribution in [1.82, 2.24) is 4.98 Å². The van der Waals surface area contributed by atoms with Gasteiger partial charge in [-0.1, -0.05) is 12.1 Å². The maximum atomic E-state index is 13.2. The summed E-state index contributed by atoms with van der Waals surface area (Å²) in [7, 11) is 0. The first-order valence-electron chi connectivity index (χ1n) is 4.65. The van der Waals surface area contributed by atoms with Gasteiger partial charge in [-0.05, 0) is 13.0 Å². The van der Waals surface area contributed by atoms with Gasteiger partial charge in [-0.2, -0.15) is 0 Å². The Kier molecular flexibility index (Phi) is 2.50. The number of ether oxygens (including phenoxy) is 1. The van der Waals surface area contributed by atoms with E-state index in [0.717, 1.165) is 10.9 Å². The second-order valence-electron chi connectivity index (χ2n) is 3.11. The van der Waals surface area contributed by atoms with Gasteiger partial charge in [0.15, 0.2) is 0 Å². The Balaban J connectivity index is 2.42. The highest BCUT2D eigenvalue weighted by molar-refractivity contribution is 5.83. The van der Waals surface area contributed by atoms with Crippen LogP contribution in [0.25, 0.3) is 10.9 Å². The lowest BCUT2D eigenvalue weighted by Crippen LogP contribution is -1.89. The summed E-state index contributed by atoms with van der Waals surface area (Å²) in [4.78, 5) is 2.91. The van der Waals surface area contributed by atoms with Crippen LogP contribution in [0.15, 0.2) is 24.4 Å². The van der Waals surface area contributed by atoms with Crippen molar-refractivity contribution >= 4 is 10.9 Å². The molecule has 0 unspecified atom stereocenters. The third-order valence-electron chi connectivity index (χ3n) is 2.21. The van der Waals surface area contributed by atoms with Gasteiger partial charge in [0.2, 0.25) is 0 Å². The molecule has 1 N–H and O–H groups in total. The highest BCUT2D eigenvalue weighted by Gasteiger charge is 2.06. The number of hydrogen-bond donors (Lipinski definition) is 1. The molecule has 74 valence electrons. The molecular weight excluding hydrogens is 181 g/mol. The molecule has 2 rings (SSSR count). The summed E-state index contributed by atoms with van der Waals surface area (Å²) in [6.45, 7) is 3.14. The van der Waals surface area contributed by atoms with Crippen molar-refractivity contribution in [2.75, 3.05) is 6.61 Å². The topological polar surface area (TPSA) is 25.0 Å². The zero-order valence-corrected chi connectivity index (χ0v) is 8.01. The molecule has 0 radical (unpaired) electrons. The summed E-state index contributed by atoms with van der Waals surface area (Å²) in [6, 6.07) is 5.05. The average molecular weight is 193 g/mol. The molecule has 0 aliphatic carbocycles. The molecule has 2 aromatic rings. The molecule has 0 saturated carbocycles. The Morgan fingerprint density at radius 1 is 1.43 bits per heavy atom. The number of H-pyrrole nitrogens is 1. The lowest BCUT2D eigenvalue weighted by Gasteiger charge is -1.98. The summed E-state index contributed by atoms with van der Waals surface area (Å²) in [6.07, 6.45) is 1.80. The molecule has 0 fully saturated rings. The molecule has 1 aromatic heterocycles. The van der Waals surface area contributed by atoms with Crippen LogP contribution in [0, 0.1) is 5.82 Å². The summed E-state index contributed by atoms with van der Waals surface area (Å²) in [5.41, 5.74) is 1.56. The average Bonchev–Trinajstić information content (AvgIpc) is 2.60. The van der Waals surface area contributed by atoms with Crippen molar-refractivity contribution in [3.8, 4) is 0 Å². The fourth-order valence-electron chi connectivity index (χ4n) is 1.51. The molecule has 2 nitrogen and oxygen atoms in total. The quantitative estimate of drug-likeness (QED) is 0.796. The van der Waals surface area contributed by atoms with Crippen LogP contribution in [0.5, 0.6) is 0 Å². The third-order valence-corrected chi connectivity index (χ3v) is 2.21. The second kappa shape index (κ2) is 3.80. The number of halogens is 1. The zero-order valence-electron chi connectivity index (χ0n) is 8.01. The molecule has 14 heavy (non-hydrogen) atoms. The van der Waals surface area contributed by atoms with Crippen LogP contribution in [0.3, 0.4) is 0 Å². The smallest absolute Gasteiger partial charge is 0.147 e. The van der Waals surface area contributed by atoms with E-state index in [4.69, 9.17) is 4.74 Å². The van der Waals surface area contributed by atoms with Gasteiger partial charge in [-0.15, -0.1) is 0 Å². The van der Waals surface area contributed by atoms with E-state index in [9.17, 15) is 4.39 Å². The predicted octanol–water partition coefficient (Wildman–Crippen LogP) is 2.84. The molecular formula is C11H12FNO. The van der Waals surface area contributed by atoms with Crippen LogP contribution >= 0.6 is 0 Å². The first-order valence-corrected chi connectivity index (χ1v) is 4.65. The Labute approximate surface area is 81.7 Å². The van der Waals surface area contributed by atoms with Gasteiger partial charge in [0, 0.05) is 23.8 Å². The molecule has 0 atom stereocenters. The summed E-state index contributed by atoms with van der Waals surface area (Å²) in [5.74, 6) is -0.217. The third kappa shape index (κ3) is 1.51. The Morgan fingerprint density at radius 3 is 3.07 bits per heavy atom. The van der Waals surface area contributed by atoms with Crippen molar-refractivity contribution in [2.45, 2.75) is 13.5 Å². The lowest BCUT2D eigenvalue weighted by molar-refractivity contribution is 0.135. The van der Waals surface area contributed by atoms with Crippen LogP contribution in [0.2, 0.25) is 0 Å². The minimum absolute atomic E-state index is 0.217. The van der Waals surface area contributed by atoms with Gasteiger partial charge >= 0.3 is 0 Å². The number of aromatic amines is 1. The fraction of sp³-hybridized carbons (Fsp3) is 0.273. The van der Waals surface area contributed by atoms with Crippen molar-refractivity contribution < 1.29 is 9.13 Å². The summed E-state index contributed by atoms with van der Waals surface area (Å²) in [5, 5.41) is 0.901. The van der Waals surface area contributed by atoms with E-state index in [-0.39, 0.29) is 5.82 Å². The van der Waals surface area contributed by atoms with Crippen LogP contribution in [0.1, 0.15) is 12.5 Å². The van der Waals surface area contributed by atoms with Crippen molar-refractivity contribution in [3.05, 3.63) is 35.8 Å². The van der Waals surface area contributed by atoms with Gasteiger partial charge in [0.05, 0.1) is 12.1 Å². The van der Waals surface area contributed by atoms with Gasteiger partial charge in [0.1, 0.15) is 5.82 Å². The molecule has 0 saturated heterocycles. The van der Waals surface area contributed by atoms with Crippen molar-refractivity contribution in [2.24, 2.45) is 0 Å². The van der Waals surface area contributed by atoms with E-state index in [0.29, 0.717) is 18.7 Å². The maximum absolute atomic E-state index is 13.2. The first-order chi connectivity index (χ1) is 6.83. The van der Waals surface area contributed by atoms with Crippen LogP contribution in [-0.4, -0.2) is 11.6 Å². The number of rotatable bonds is 3. The Hall–Kier alpha value is -1.35. The maximum Gasteiger partial charge on any atom is 0.147 e. The molecule has 3 heteroatoms. The lowest BCUT2D eigenvalue weighted by atomic mass is 10.2. The summed E-state index contributed by atoms with van der Waals surface area (Å²) >= 11 is 0. The van der Waals surface area contributed by atoms with E-state index in [2.05, 4.69) is 4.98 Å². The SMILES string of the molecule is CCOCc1c[nH]c2c(F)cccc12. The van der Waals surface area contributed by atoms with Gasteiger partial charge in [-0.25, -0.2) is 4.39 Å². The summed E-state index contributed by atoms with van der Waals surface area (Å²) < 4.78 is 18.5. The molecule has 0 spiro atoms. The van der Waals surface area contributed by atoms with Crippen LogP contribution in [0.4, 0.5) is 4.39 Å². The Bertz CT molecular complexity index is 436. The minimum Gasteiger partial charge on any atom is -0.377 e. The van der Waals surface area contributed by atoms with Crippen LogP contribution in [-0.2, 0) is 11.3 Å². The van der Waals surface area contributed by atoms with E-state index in [1.54, 1.807) is 12.3 Å². The largest absolute Gasteiger partial charge is 0.377 e. The van der Waals surface area contributed by atoms with Crippen molar-refractivity contribution in [3.63, 3.8) is 0 Å². The van der Waals surface area contributed by atoms with Gasteiger partial charge in [-0.3, -0.25) is 0 Å². The van der Waals surface area contributed by atoms with E-state index >= 15 is 0 Å². The van der Waals surface area contributed by atoms with E-state index in [1.165, 1.54) is 6.07 Å². The number of benzene rings is 1. The molecule has 1 heterocycles. The number of fused-ring (bicyclic) bond motifs is 1. The zero-order chi connectivity index (χ0) is 9.97. The van der Waals surface area contributed by atoms with E-state index in [1.807, 2.05) is 13.0 Å². The minimum atomic E-state index is -0.217. The first kappa shape index (κ1) is 9.21. The molecule has 0 aliphatic rings. The number of nitrogens with one attached hydrogen (secondary N) is 1. The fourth-order valence-corrected chi connectivity index (χ4v) is 1.51. The standard InChI is InChI=1S/C11H12FNO/c1-2-14-7-8-6-13-11-9(8)4-3-5-10(11)12/h3-6,13H,2,7H2,1H3. The van der Waals surface area contributed by atoms with Crippen molar-refractivity contribution in [1.29, 1.82) is 0 Å². The van der Waals surface area contributed by atoms with Gasteiger partial charge < -0.3 is 9.72 Å². The highest BCUT2D eigenvalue weighted by atomic mass is 19.1. The number of hydrogen-bond acceptors (Lipinski definition) is 1. The van der Waals surface area contributed by atoms with Crippen LogP contribution < -0.4 is 0 Å². The predicted molar refractivity (Wildman–Crippen MR) is 53.6 cm³/mol. The molecule has 0 amide bonds.